The summed E-state index contributed by atoms with van der Waals surface area (Å²) in [5.41, 5.74) is 0.0850. The first kappa shape index (κ1) is 18.3. The average molecular weight is 366 g/mol. The van der Waals surface area contributed by atoms with Crippen molar-refractivity contribution in [2.45, 2.75) is 0 Å². The predicted molar refractivity (Wildman–Crippen MR) is 102 cm³/mol. The maximum Gasteiger partial charge on any atom is 0.346 e. The topological polar surface area (TPSA) is 75.0 Å². The minimum atomic E-state index is -0.790. The van der Waals surface area contributed by atoms with Crippen LogP contribution in [0.3, 0.4) is 0 Å². The van der Waals surface area contributed by atoms with Crippen molar-refractivity contribution in [1.82, 2.24) is 0 Å². The van der Waals surface area contributed by atoms with Gasteiger partial charge >= 0.3 is 5.97 Å². The molecule has 0 bridgehead atoms. The molecular weight excluding hydrogens is 348 g/mol. The van der Waals surface area contributed by atoms with Gasteiger partial charge in [0.05, 0.1) is 14.2 Å². The second-order valence-electron chi connectivity index (χ2n) is 5.59. The quantitative estimate of drug-likeness (QED) is 0.488. The van der Waals surface area contributed by atoms with Gasteiger partial charge in [0.15, 0.2) is 11.3 Å². The molecule has 0 fully saturated rings. The van der Waals surface area contributed by atoms with Crippen molar-refractivity contribution in [2.24, 2.45) is 0 Å². The van der Waals surface area contributed by atoms with Crippen LogP contribution in [0.25, 0.3) is 22.3 Å². The lowest BCUT2D eigenvalue weighted by Gasteiger charge is -2.12. The maximum atomic E-state index is 13.2. The minimum absolute atomic E-state index is 0.0235. The van der Waals surface area contributed by atoms with Gasteiger partial charge in [0.1, 0.15) is 29.1 Å². The van der Waals surface area contributed by atoms with Crippen LogP contribution in [-0.2, 0) is 4.74 Å². The van der Waals surface area contributed by atoms with Crippen molar-refractivity contribution in [3.8, 4) is 22.8 Å². The Morgan fingerprint density at radius 3 is 2.52 bits per heavy atom. The Balaban J connectivity index is 2.38. The SMILES string of the molecule is C=CCOC(=O)c1c(-c2ccccc2)oc2cc(OC)cc(OC)c2c1=O. The third-order valence-electron chi connectivity index (χ3n) is 3.96. The molecule has 6 nitrogen and oxygen atoms in total. The molecule has 0 N–H and O–H groups in total. The summed E-state index contributed by atoms with van der Waals surface area (Å²) in [6.07, 6.45) is 1.42. The molecule has 0 aliphatic rings. The minimum Gasteiger partial charge on any atom is -0.496 e. The molecule has 0 atom stereocenters. The number of hydrogen-bond acceptors (Lipinski definition) is 6. The van der Waals surface area contributed by atoms with Crippen molar-refractivity contribution in [2.75, 3.05) is 20.8 Å². The average Bonchev–Trinajstić information content (AvgIpc) is 2.71. The summed E-state index contributed by atoms with van der Waals surface area (Å²) in [6.45, 7) is 3.49. The lowest BCUT2D eigenvalue weighted by atomic mass is 10.0. The highest BCUT2D eigenvalue weighted by Crippen LogP contribution is 2.33. The normalized spacial score (nSPS) is 10.4. The molecule has 0 saturated heterocycles. The number of rotatable bonds is 6. The predicted octanol–water partition coefficient (Wildman–Crippen LogP) is 3.82. The largest absolute Gasteiger partial charge is 0.496 e. The smallest absolute Gasteiger partial charge is 0.346 e. The zero-order valence-corrected chi connectivity index (χ0v) is 15.0. The van der Waals surface area contributed by atoms with E-state index in [9.17, 15) is 9.59 Å². The molecule has 0 amide bonds. The van der Waals surface area contributed by atoms with Crippen molar-refractivity contribution in [3.63, 3.8) is 0 Å². The molecule has 0 unspecified atom stereocenters. The number of carbonyl (C=O) groups excluding carboxylic acids is 1. The van der Waals surface area contributed by atoms with E-state index in [1.807, 2.05) is 6.07 Å². The summed E-state index contributed by atoms with van der Waals surface area (Å²) in [4.78, 5) is 25.8. The van der Waals surface area contributed by atoms with Gasteiger partial charge in [-0.2, -0.15) is 0 Å². The number of fused-ring (bicyclic) bond motifs is 1. The van der Waals surface area contributed by atoms with E-state index in [-0.39, 0.29) is 34.6 Å². The molecule has 0 aliphatic heterocycles. The van der Waals surface area contributed by atoms with Crippen molar-refractivity contribution >= 4 is 16.9 Å². The van der Waals surface area contributed by atoms with E-state index >= 15 is 0 Å². The van der Waals surface area contributed by atoms with Crippen LogP contribution in [-0.4, -0.2) is 26.8 Å². The van der Waals surface area contributed by atoms with E-state index in [2.05, 4.69) is 6.58 Å². The van der Waals surface area contributed by atoms with E-state index in [0.29, 0.717) is 11.3 Å². The van der Waals surface area contributed by atoms with E-state index < -0.39 is 11.4 Å². The Hall–Kier alpha value is -3.54. The highest BCUT2D eigenvalue weighted by molar-refractivity contribution is 6.00. The highest BCUT2D eigenvalue weighted by Gasteiger charge is 2.25. The standard InChI is InChI=1S/C21H18O6/c1-4-10-26-21(23)18-19(22)17-15(25-3)11-14(24-2)12-16(17)27-20(18)13-8-6-5-7-9-13/h4-9,11-12H,1,10H2,2-3H3. The Bertz CT molecular complexity index is 1050. The molecule has 3 rings (SSSR count). The second kappa shape index (κ2) is 7.78. The molecule has 0 radical (unpaired) electrons. The van der Waals surface area contributed by atoms with Crippen molar-refractivity contribution in [1.29, 1.82) is 0 Å². The third kappa shape index (κ3) is 3.42. The van der Waals surface area contributed by atoms with Gasteiger partial charge in [-0.05, 0) is 0 Å². The second-order valence-corrected chi connectivity index (χ2v) is 5.59. The molecule has 3 aromatic rings. The van der Waals surface area contributed by atoms with Gasteiger partial charge in [0, 0.05) is 17.7 Å². The number of esters is 1. The van der Waals surface area contributed by atoms with Crippen LogP contribution in [0.5, 0.6) is 11.5 Å². The molecule has 0 aliphatic carbocycles. The molecule has 1 heterocycles. The van der Waals surface area contributed by atoms with Gasteiger partial charge in [0.25, 0.3) is 0 Å². The van der Waals surface area contributed by atoms with Crippen LogP contribution in [0.2, 0.25) is 0 Å². The molecular formula is C21H18O6. The number of methoxy groups -OCH3 is 2. The first-order valence-corrected chi connectivity index (χ1v) is 8.17. The van der Waals surface area contributed by atoms with Gasteiger partial charge in [-0.25, -0.2) is 4.79 Å². The lowest BCUT2D eigenvalue weighted by Crippen LogP contribution is -2.20. The van der Waals surface area contributed by atoms with E-state index in [1.54, 1.807) is 36.4 Å². The van der Waals surface area contributed by atoms with Crippen molar-refractivity contribution in [3.05, 3.63) is 70.9 Å². The Kier molecular flexibility index (Phi) is 5.26. The summed E-state index contributed by atoms with van der Waals surface area (Å²) >= 11 is 0. The fourth-order valence-corrected chi connectivity index (χ4v) is 2.72. The van der Waals surface area contributed by atoms with Crippen LogP contribution in [0.15, 0.2) is 64.3 Å². The summed E-state index contributed by atoms with van der Waals surface area (Å²) in [5, 5.41) is 0.142. The zero-order chi connectivity index (χ0) is 19.4. The van der Waals surface area contributed by atoms with E-state index in [0.717, 1.165) is 0 Å². The molecule has 0 saturated carbocycles. The van der Waals surface area contributed by atoms with Gasteiger partial charge in [-0.1, -0.05) is 43.0 Å². The fourth-order valence-electron chi connectivity index (χ4n) is 2.72. The van der Waals surface area contributed by atoms with E-state index in [1.165, 1.54) is 20.3 Å². The monoisotopic (exact) mass is 366 g/mol. The van der Waals surface area contributed by atoms with Gasteiger partial charge in [-0.3, -0.25) is 4.79 Å². The maximum absolute atomic E-state index is 13.2. The molecule has 2 aromatic carbocycles. The van der Waals surface area contributed by atoms with Gasteiger partial charge < -0.3 is 18.6 Å². The summed E-state index contributed by atoms with van der Waals surface area (Å²) in [7, 11) is 2.92. The Morgan fingerprint density at radius 1 is 1.15 bits per heavy atom. The van der Waals surface area contributed by atoms with Crippen LogP contribution in [0.4, 0.5) is 0 Å². The van der Waals surface area contributed by atoms with E-state index in [4.69, 9.17) is 18.6 Å². The third-order valence-corrected chi connectivity index (χ3v) is 3.96. The fraction of sp³-hybridized carbons (Fsp3) is 0.143. The number of hydrogen-bond donors (Lipinski definition) is 0. The van der Waals surface area contributed by atoms with Crippen molar-refractivity contribution < 1.29 is 23.4 Å². The summed E-state index contributed by atoms with van der Waals surface area (Å²) in [6, 6.07) is 12.0. The Labute approximate surface area is 155 Å². The molecule has 138 valence electrons. The van der Waals surface area contributed by atoms with Crippen LogP contribution in [0.1, 0.15) is 10.4 Å². The summed E-state index contributed by atoms with van der Waals surface area (Å²) in [5.74, 6) is 0.0405. The zero-order valence-electron chi connectivity index (χ0n) is 15.0. The number of carbonyl (C=O) groups is 1. The van der Waals surface area contributed by atoms with Crippen LogP contribution in [0, 0.1) is 0 Å². The number of ether oxygens (including phenoxy) is 3. The number of benzene rings is 2. The Morgan fingerprint density at radius 2 is 1.89 bits per heavy atom. The summed E-state index contributed by atoms with van der Waals surface area (Å²) < 4.78 is 21.6. The lowest BCUT2D eigenvalue weighted by molar-refractivity contribution is 0.0547. The van der Waals surface area contributed by atoms with Crippen LogP contribution < -0.4 is 14.9 Å². The first-order valence-electron chi connectivity index (χ1n) is 8.17. The van der Waals surface area contributed by atoms with Crippen LogP contribution >= 0.6 is 0 Å². The van der Waals surface area contributed by atoms with Gasteiger partial charge in [-0.15, -0.1) is 0 Å². The first-order chi connectivity index (χ1) is 13.1. The highest BCUT2D eigenvalue weighted by atomic mass is 16.5. The molecule has 27 heavy (non-hydrogen) atoms. The van der Waals surface area contributed by atoms with Gasteiger partial charge in [0.2, 0.25) is 5.43 Å². The molecule has 1 aromatic heterocycles. The molecule has 0 spiro atoms. The molecule has 6 heteroatoms.